The van der Waals surface area contributed by atoms with Crippen LogP contribution < -0.4 is 5.32 Å². The molecule has 132 valence electrons. The van der Waals surface area contributed by atoms with Gasteiger partial charge in [0.25, 0.3) is 0 Å². The van der Waals surface area contributed by atoms with E-state index in [4.69, 9.17) is 20.8 Å². The van der Waals surface area contributed by atoms with Gasteiger partial charge >= 0.3 is 0 Å². The lowest BCUT2D eigenvalue weighted by Crippen LogP contribution is -2.12. The van der Waals surface area contributed by atoms with Crippen molar-refractivity contribution in [2.75, 3.05) is 11.9 Å². The van der Waals surface area contributed by atoms with Gasteiger partial charge in [-0.3, -0.25) is 0 Å². The predicted octanol–water partition coefficient (Wildman–Crippen LogP) is 5.51. The Hall–Kier alpha value is -1.50. The molecule has 1 fully saturated rings. The van der Waals surface area contributed by atoms with E-state index in [-0.39, 0.29) is 6.10 Å². The average molecular weight is 425 g/mol. The zero-order valence-corrected chi connectivity index (χ0v) is 16.2. The summed E-state index contributed by atoms with van der Waals surface area (Å²) in [7, 11) is 0. The second-order valence-corrected chi connectivity index (χ2v) is 7.40. The fourth-order valence-electron chi connectivity index (χ4n) is 3.45. The maximum absolute atomic E-state index is 6.26. The lowest BCUT2D eigenvalue weighted by Gasteiger charge is -2.23. The minimum Gasteiger partial charge on any atom is -0.467 e. The van der Waals surface area contributed by atoms with Crippen molar-refractivity contribution < 1.29 is 9.15 Å². The Morgan fingerprint density at radius 1 is 1.44 bits per heavy atom. The molecule has 0 aliphatic carbocycles. The van der Waals surface area contributed by atoms with Gasteiger partial charge in [0.2, 0.25) is 0 Å². The number of aromatic nitrogens is 2. The minimum absolute atomic E-state index is 0.0986. The third-order valence-electron chi connectivity index (χ3n) is 4.63. The molecule has 1 aliphatic heterocycles. The van der Waals surface area contributed by atoms with Crippen molar-refractivity contribution in [3.05, 3.63) is 51.1 Å². The smallest absolute Gasteiger partial charge is 0.152 e. The summed E-state index contributed by atoms with van der Waals surface area (Å²) in [6.45, 7) is 3.50. The molecule has 0 spiro atoms. The minimum atomic E-state index is 0.0986. The van der Waals surface area contributed by atoms with Crippen molar-refractivity contribution in [3.63, 3.8) is 0 Å². The highest BCUT2D eigenvalue weighted by atomic mass is 79.9. The number of hydrogen-bond donors (Lipinski definition) is 1. The second-order valence-electron chi connectivity index (χ2n) is 6.26. The second kappa shape index (κ2) is 7.02. The van der Waals surface area contributed by atoms with Gasteiger partial charge in [0.1, 0.15) is 10.4 Å². The van der Waals surface area contributed by atoms with Crippen LogP contribution in [0.2, 0.25) is 5.15 Å². The number of ether oxygens (including phenoxy) is 1. The van der Waals surface area contributed by atoms with Gasteiger partial charge in [0.15, 0.2) is 5.15 Å². The number of anilines is 1. The van der Waals surface area contributed by atoms with E-state index in [0.717, 1.165) is 52.1 Å². The van der Waals surface area contributed by atoms with Crippen molar-refractivity contribution in [1.82, 2.24) is 9.61 Å². The van der Waals surface area contributed by atoms with Crippen molar-refractivity contribution in [2.45, 2.75) is 38.8 Å². The highest BCUT2D eigenvalue weighted by Crippen LogP contribution is 2.40. The topological polar surface area (TPSA) is 51.7 Å². The number of nitrogens with zero attached hydrogens (tertiary/aromatic N) is 2. The van der Waals surface area contributed by atoms with Crippen LogP contribution in [0.1, 0.15) is 42.3 Å². The number of nitrogens with one attached hydrogen (secondary N) is 1. The Bertz CT molecular complexity index is 886. The first-order chi connectivity index (χ1) is 12.1. The van der Waals surface area contributed by atoms with Crippen molar-refractivity contribution in [3.8, 4) is 0 Å². The van der Waals surface area contributed by atoms with E-state index in [1.54, 1.807) is 6.26 Å². The van der Waals surface area contributed by atoms with E-state index in [9.17, 15) is 0 Å². The largest absolute Gasteiger partial charge is 0.467 e. The van der Waals surface area contributed by atoms with Gasteiger partial charge < -0.3 is 14.5 Å². The van der Waals surface area contributed by atoms with Gasteiger partial charge in [-0.25, -0.2) is 4.52 Å². The third kappa shape index (κ3) is 3.18. The van der Waals surface area contributed by atoms with Gasteiger partial charge in [-0.15, -0.1) is 0 Å². The molecule has 1 N–H and O–H groups in total. The molecule has 0 amide bonds. The van der Waals surface area contributed by atoms with Gasteiger partial charge in [-0.05, 0) is 59.8 Å². The summed E-state index contributed by atoms with van der Waals surface area (Å²) in [4.78, 5) is 0. The Kier molecular flexibility index (Phi) is 4.75. The van der Waals surface area contributed by atoms with Crippen LogP contribution in [0.25, 0.3) is 5.52 Å². The molecule has 4 heterocycles. The Morgan fingerprint density at radius 3 is 3.04 bits per heavy atom. The summed E-state index contributed by atoms with van der Waals surface area (Å²) in [6, 6.07) is 5.67. The molecule has 25 heavy (non-hydrogen) atoms. The maximum atomic E-state index is 6.26. The Balaban J connectivity index is 1.77. The van der Waals surface area contributed by atoms with Crippen molar-refractivity contribution in [2.24, 2.45) is 0 Å². The molecule has 1 aliphatic rings. The Labute approximate surface area is 159 Å². The van der Waals surface area contributed by atoms with Crippen LogP contribution in [0.5, 0.6) is 0 Å². The van der Waals surface area contributed by atoms with E-state index < -0.39 is 0 Å². The fourth-order valence-corrected chi connectivity index (χ4v) is 4.44. The Morgan fingerprint density at radius 2 is 2.32 bits per heavy atom. The molecular weight excluding hydrogens is 406 g/mol. The summed E-state index contributed by atoms with van der Waals surface area (Å²) in [5.74, 6) is 0.866. The molecule has 0 aromatic carbocycles. The summed E-state index contributed by atoms with van der Waals surface area (Å²) >= 11 is 9.97. The quantitative estimate of drug-likeness (QED) is 0.600. The molecule has 4 rings (SSSR count). The molecule has 0 saturated carbocycles. The lowest BCUT2D eigenvalue weighted by atomic mass is 10.0. The lowest BCUT2D eigenvalue weighted by molar-refractivity contribution is 0.0142. The number of rotatable bonds is 4. The summed E-state index contributed by atoms with van der Waals surface area (Å²) in [5, 5.41) is 8.32. The zero-order chi connectivity index (χ0) is 17.4. The highest BCUT2D eigenvalue weighted by molar-refractivity contribution is 9.10. The normalized spacial score (nSPS) is 18.0. The monoisotopic (exact) mass is 423 g/mol. The molecule has 3 aromatic heterocycles. The van der Waals surface area contributed by atoms with Crippen LogP contribution >= 0.6 is 27.5 Å². The fraction of sp³-hybridized carbons (Fsp3) is 0.389. The SMILES string of the molecule is Cc1c(C2CCCCO2)c(Br)n2nc(Cl)cc(NCc3ccco3)c12. The molecule has 0 radical (unpaired) electrons. The number of furan rings is 1. The summed E-state index contributed by atoms with van der Waals surface area (Å²) in [5.41, 5.74) is 4.25. The predicted molar refractivity (Wildman–Crippen MR) is 101 cm³/mol. The molecule has 1 atom stereocenters. The zero-order valence-electron chi connectivity index (χ0n) is 13.9. The molecule has 1 saturated heterocycles. The molecule has 5 nitrogen and oxygen atoms in total. The number of halogens is 2. The van der Waals surface area contributed by atoms with Crippen molar-refractivity contribution in [1.29, 1.82) is 0 Å². The van der Waals surface area contributed by atoms with E-state index in [1.165, 1.54) is 6.42 Å². The molecule has 3 aromatic rings. The average Bonchev–Trinajstić information content (AvgIpc) is 3.21. The van der Waals surface area contributed by atoms with Crippen LogP contribution in [0.3, 0.4) is 0 Å². The van der Waals surface area contributed by atoms with Crippen LogP contribution in [0.4, 0.5) is 5.69 Å². The maximum Gasteiger partial charge on any atom is 0.152 e. The van der Waals surface area contributed by atoms with Gasteiger partial charge in [0.05, 0.1) is 30.1 Å². The number of fused-ring (bicyclic) bond motifs is 1. The highest BCUT2D eigenvalue weighted by Gasteiger charge is 2.26. The van der Waals surface area contributed by atoms with Crippen LogP contribution in [-0.4, -0.2) is 16.2 Å². The van der Waals surface area contributed by atoms with Crippen LogP contribution in [0, 0.1) is 6.92 Å². The number of aryl methyl sites for hydroxylation is 1. The van der Waals surface area contributed by atoms with Crippen LogP contribution in [-0.2, 0) is 11.3 Å². The molecule has 1 unspecified atom stereocenters. The summed E-state index contributed by atoms with van der Waals surface area (Å²) in [6.07, 6.45) is 5.10. The van der Waals surface area contributed by atoms with Crippen LogP contribution in [0.15, 0.2) is 33.5 Å². The first-order valence-corrected chi connectivity index (χ1v) is 9.57. The first kappa shape index (κ1) is 16.9. The van der Waals surface area contributed by atoms with Gasteiger partial charge in [-0.2, -0.15) is 5.10 Å². The van der Waals surface area contributed by atoms with Crippen molar-refractivity contribution >= 4 is 38.7 Å². The van der Waals surface area contributed by atoms with E-state index in [1.807, 2.05) is 22.7 Å². The molecule has 7 heteroatoms. The van der Waals surface area contributed by atoms with E-state index in [0.29, 0.717) is 11.7 Å². The van der Waals surface area contributed by atoms with E-state index >= 15 is 0 Å². The third-order valence-corrected chi connectivity index (χ3v) is 5.58. The molecule has 0 bridgehead atoms. The summed E-state index contributed by atoms with van der Waals surface area (Å²) < 4.78 is 14.2. The molecular formula is C18H19BrClN3O2. The van der Waals surface area contributed by atoms with Gasteiger partial charge in [-0.1, -0.05) is 11.6 Å². The number of hydrogen-bond acceptors (Lipinski definition) is 4. The first-order valence-electron chi connectivity index (χ1n) is 8.40. The standard InChI is InChI=1S/C18H19BrClN3O2/c1-11-16(14-6-2-3-7-25-14)18(19)23-17(11)13(9-15(20)22-23)21-10-12-5-4-8-24-12/h4-5,8-9,14,21H,2-3,6-7,10H2,1H3. The van der Waals surface area contributed by atoms with E-state index in [2.05, 4.69) is 33.3 Å². The van der Waals surface area contributed by atoms with Gasteiger partial charge in [0, 0.05) is 18.2 Å².